The van der Waals surface area contributed by atoms with Crippen LogP contribution in [0.25, 0.3) is 0 Å². The van der Waals surface area contributed by atoms with Crippen LogP contribution in [-0.4, -0.2) is 34.0 Å². The molecule has 0 spiro atoms. The van der Waals surface area contributed by atoms with Crippen molar-refractivity contribution >= 4 is 11.9 Å². The summed E-state index contributed by atoms with van der Waals surface area (Å²) in [5, 5.41) is 8.82. The second kappa shape index (κ2) is 6.03. The van der Waals surface area contributed by atoms with Crippen molar-refractivity contribution in [2.24, 2.45) is 5.41 Å². The van der Waals surface area contributed by atoms with E-state index in [2.05, 4.69) is 6.58 Å². The van der Waals surface area contributed by atoms with Crippen molar-refractivity contribution in [3.05, 3.63) is 12.7 Å². The van der Waals surface area contributed by atoms with Crippen molar-refractivity contribution in [2.45, 2.75) is 53.0 Å². The Hall–Kier alpha value is -1.32. The van der Waals surface area contributed by atoms with Gasteiger partial charge >= 0.3 is 5.97 Å². The zero-order valence-electron chi connectivity index (χ0n) is 12.1. The molecule has 0 aromatic rings. The van der Waals surface area contributed by atoms with E-state index in [1.807, 2.05) is 20.8 Å². The molecule has 0 aliphatic rings. The molecule has 104 valence electrons. The number of carbonyl (C=O) groups is 2. The summed E-state index contributed by atoms with van der Waals surface area (Å²) in [7, 11) is 0. The van der Waals surface area contributed by atoms with Gasteiger partial charge in [0.15, 0.2) is 0 Å². The summed E-state index contributed by atoms with van der Waals surface area (Å²) in [6, 6.07) is 0. The zero-order valence-corrected chi connectivity index (χ0v) is 12.1. The van der Waals surface area contributed by atoms with Gasteiger partial charge in [-0.25, -0.2) is 0 Å². The summed E-state index contributed by atoms with van der Waals surface area (Å²) in [5.74, 6) is -0.910. The fraction of sp³-hybridized carbons (Fsp3) is 0.714. The summed E-state index contributed by atoms with van der Waals surface area (Å²) >= 11 is 0. The molecule has 0 saturated carbocycles. The summed E-state index contributed by atoms with van der Waals surface area (Å²) in [6.45, 7) is 13.6. The Morgan fingerprint density at radius 3 is 2.00 bits per heavy atom. The highest BCUT2D eigenvalue weighted by molar-refractivity contribution is 5.79. The van der Waals surface area contributed by atoms with E-state index in [9.17, 15) is 9.59 Å². The van der Waals surface area contributed by atoms with E-state index < -0.39 is 11.4 Å². The predicted octanol–water partition coefficient (Wildman–Crippen LogP) is 2.69. The van der Waals surface area contributed by atoms with E-state index >= 15 is 0 Å². The van der Waals surface area contributed by atoms with Gasteiger partial charge in [0.2, 0.25) is 5.91 Å². The maximum Gasteiger partial charge on any atom is 0.303 e. The Labute approximate surface area is 110 Å². The molecule has 0 aromatic heterocycles. The Bertz CT molecular complexity index is 326. The normalized spacial score (nSPS) is 12.1. The minimum absolute atomic E-state index is 0.00911. The molecular formula is C14H25NO3. The molecule has 0 bridgehead atoms. The molecule has 18 heavy (non-hydrogen) atoms. The van der Waals surface area contributed by atoms with Gasteiger partial charge in [-0.1, -0.05) is 19.9 Å². The molecule has 4 nitrogen and oxygen atoms in total. The van der Waals surface area contributed by atoms with Gasteiger partial charge in [-0.3, -0.25) is 9.59 Å². The summed E-state index contributed by atoms with van der Waals surface area (Å²) in [4.78, 5) is 24.7. The van der Waals surface area contributed by atoms with Gasteiger partial charge in [-0.05, 0) is 26.2 Å². The van der Waals surface area contributed by atoms with E-state index in [-0.39, 0.29) is 24.3 Å². The van der Waals surface area contributed by atoms with E-state index in [0.29, 0.717) is 6.54 Å². The number of hydrogen-bond donors (Lipinski definition) is 1. The Kier molecular flexibility index (Phi) is 5.58. The Balaban J connectivity index is 4.80. The van der Waals surface area contributed by atoms with Crippen molar-refractivity contribution in [1.29, 1.82) is 0 Å². The lowest BCUT2D eigenvalue weighted by molar-refractivity contribution is -0.141. The van der Waals surface area contributed by atoms with Gasteiger partial charge in [0.05, 0.1) is 6.42 Å². The van der Waals surface area contributed by atoms with E-state index in [1.165, 1.54) is 0 Å². The van der Waals surface area contributed by atoms with E-state index in [1.54, 1.807) is 24.8 Å². The van der Waals surface area contributed by atoms with Crippen LogP contribution < -0.4 is 0 Å². The SMILES string of the molecule is C=CCN(C(=O)CC(C)(C)CC(=O)O)C(C)(C)C. The lowest BCUT2D eigenvalue weighted by Gasteiger charge is -2.37. The highest BCUT2D eigenvalue weighted by Crippen LogP contribution is 2.27. The number of rotatable bonds is 6. The molecule has 4 heteroatoms. The van der Waals surface area contributed by atoms with Crippen LogP contribution in [0.1, 0.15) is 47.5 Å². The van der Waals surface area contributed by atoms with Crippen LogP contribution in [0.15, 0.2) is 12.7 Å². The second-order valence-corrected chi connectivity index (χ2v) is 6.38. The van der Waals surface area contributed by atoms with Gasteiger partial charge in [0.1, 0.15) is 0 Å². The van der Waals surface area contributed by atoms with E-state index in [4.69, 9.17) is 5.11 Å². The van der Waals surface area contributed by atoms with Crippen LogP contribution >= 0.6 is 0 Å². The minimum atomic E-state index is -0.876. The molecule has 0 saturated heterocycles. The van der Waals surface area contributed by atoms with Gasteiger partial charge in [0, 0.05) is 18.5 Å². The predicted molar refractivity (Wildman–Crippen MR) is 72.3 cm³/mol. The Morgan fingerprint density at radius 1 is 1.17 bits per heavy atom. The summed E-state index contributed by atoms with van der Waals surface area (Å²) in [6.07, 6.45) is 1.91. The molecule has 0 aromatic carbocycles. The summed E-state index contributed by atoms with van der Waals surface area (Å²) < 4.78 is 0. The smallest absolute Gasteiger partial charge is 0.303 e. The third-order valence-corrected chi connectivity index (χ3v) is 2.68. The monoisotopic (exact) mass is 255 g/mol. The standard InChI is InChI=1S/C14H25NO3/c1-7-8-15(13(2,3)4)11(16)9-14(5,6)10-12(17)18/h7H,1,8-10H2,2-6H3,(H,17,18). The summed E-state index contributed by atoms with van der Waals surface area (Å²) in [5.41, 5.74) is -0.821. The number of aliphatic carboxylic acids is 1. The highest BCUT2D eigenvalue weighted by Gasteiger charge is 2.31. The first kappa shape index (κ1) is 16.7. The number of amides is 1. The number of carboxylic acids is 1. The van der Waals surface area contributed by atoms with E-state index in [0.717, 1.165) is 0 Å². The molecular weight excluding hydrogens is 230 g/mol. The molecule has 1 amide bonds. The average molecular weight is 255 g/mol. The Morgan fingerprint density at radius 2 is 1.67 bits per heavy atom. The van der Waals surface area contributed by atoms with Crippen molar-refractivity contribution in [2.75, 3.05) is 6.54 Å². The van der Waals surface area contributed by atoms with Crippen molar-refractivity contribution in [3.63, 3.8) is 0 Å². The van der Waals surface area contributed by atoms with Crippen molar-refractivity contribution in [3.8, 4) is 0 Å². The highest BCUT2D eigenvalue weighted by atomic mass is 16.4. The number of nitrogens with zero attached hydrogens (tertiary/aromatic N) is 1. The first-order valence-corrected chi connectivity index (χ1v) is 6.13. The topological polar surface area (TPSA) is 57.6 Å². The van der Waals surface area contributed by atoms with Crippen LogP contribution in [0.5, 0.6) is 0 Å². The molecule has 0 heterocycles. The maximum absolute atomic E-state index is 12.3. The molecule has 0 unspecified atom stereocenters. The van der Waals surface area contributed by atoms with Crippen LogP contribution in [0.2, 0.25) is 0 Å². The third kappa shape index (κ3) is 5.84. The first-order chi connectivity index (χ1) is 7.99. The number of hydrogen-bond acceptors (Lipinski definition) is 2. The molecule has 0 atom stereocenters. The lowest BCUT2D eigenvalue weighted by Crippen LogP contribution is -2.47. The van der Waals surface area contributed by atoms with Crippen molar-refractivity contribution < 1.29 is 14.7 Å². The molecule has 1 N–H and O–H groups in total. The van der Waals surface area contributed by atoms with Gasteiger partial charge in [-0.2, -0.15) is 0 Å². The molecule has 0 aliphatic carbocycles. The zero-order chi connectivity index (χ0) is 14.6. The number of carbonyl (C=O) groups excluding carboxylic acids is 1. The van der Waals surface area contributed by atoms with Gasteiger partial charge in [0.25, 0.3) is 0 Å². The van der Waals surface area contributed by atoms with Gasteiger partial charge in [-0.15, -0.1) is 6.58 Å². The second-order valence-electron chi connectivity index (χ2n) is 6.38. The largest absolute Gasteiger partial charge is 0.481 e. The van der Waals surface area contributed by atoms with Gasteiger partial charge < -0.3 is 10.0 Å². The maximum atomic E-state index is 12.3. The quantitative estimate of drug-likeness (QED) is 0.742. The molecule has 0 rings (SSSR count). The first-order valence-electron chi connectivity index (χ1n) is 6.13. The molecule has 0 fully saturated rings. The fourth-order valence-electron chi connectivity index (χ4n) is 1.86. The van der Waals surface area contributed by atoms with Crippen LogP contribution in [0.3, 0.4) is 0 Å². The minimum Gasteiger partial charge on any atom is -0.481 e. The molecule has 0 aliphatic heterocycles. The third-order valence-electron chi connectivity index (χ3n) is 2.68. The van der Waals surface area contributed by atoms with Crippen LogP contribution in [0.4, 0.5) is 0 Å². The molecule has 0 radical (unpaired) electrons. The van der Waals surface area contributed by atoms with Crippen LogP contribution in [-0.2, 0) is 9.59 Å². The lowest BCUT2D eigenvalue weighted by atomic mass is 9.84. The van der Waals surface area contributed by atoms with Crippen molar-refractivity contribution in [1.82, 2.24) is 4.90 Å². The number of carboxylic acid groups (broad SMARTS) is 1. The van der Waals surface area contributed by atoms with Crippen LogP contribution in [0, 0.1) is 5.41 Å². The average Bonchev–Trinajstić information content (AvgIpc) is 2.08. The fourth-order valence-corrected chi connectivity index (χ4v) is 1.86.